The predicted molar refractivity (Wildman–Crippen MR) is 198 cm³/mol. The van der Waals surface area contributed by atoms with E-state index in [0.29, 0.717) is 34.6 Å². The number of nitrogens with one attached hydrogen (secondary N) is 4. The molecule has 2 fully saturated rings. The van der Waals surface area contributed by atoms with Crippen LogP contribution in [0.4, 0.5) is 4.79 Å². The number of fused-ring (bicyclic) bond motifs is 1. The minimum Gasteiger partial charge on any atom is -0.497 e. The van der Waals surface area contributed by atoms with Gasteiger partial charge in [-0.2, -0.15) is 5.10 Å². The molecular weight excluding hydrogens is 680 g/mol. The zero-order chi connectivity index (χ0) is 38.7. The highest BCUT2D eigenvalue weighted by Crippen LogP contribution is 2.34. The molecule has 5 amide bonds. The van der Waals surface area contributed by atoms with Crippen LogP contribution in [-0.2, 0) is 19.2 Å². The number of methoxy groups -OCH3 is 1. The van der Waals surface area contributed by atoms with E-state index in [9.17, 15) is 24.0 Å². The summed E-state index contributed by atoms with van der Waals surface area (Å²) in [5.41, 5.74) is -0.740. The van der Waals surface area contributed by atoms with Crippen molar-refractivity contribution in [3.63, 3.8) is 0 Å². The highest BCUT2D eigenvalue weighted by molar-refractivity contribution is 6.38. The number of carbonyl (C=O) groups is 5. The molecule has 2 aromatic heterocycles. The second-order valence-corrected chi connectivity index (χ2v) is 15.9. The maximum Gasteiger partial charge on any atom is 0.315 e. The van der Waals surface area contributed by atoms with Gasteiger partial charge in [0.2, 0.25) is 17.6 Å². The molecule has 0 bridgehead atoms. The van der Waals surface area contributed by atoms with E-state index in [1.54, 1.807) is 48.5 Å². The van der Waals surface area contributed by atoms with Gasteiger partial charge in [-0.3, -0.25) is 19.2 Å². The van der Waals surface area contributed by atoms with E-state index in [2.05, 4.69) is 26.4 Å². The SMILES string of the molecule is CCCC(NC(=O)[C@@H]1CC(Oc2cc(-n3cccn3)nc3cc(OC)ccc23)CN1C(=O)[C@@H](NC(=O)NC(C)(C)C)C(C)(C)C)C(=O)C(=O)NC1CC1. The van der Waals surface area contributed by atoms with Crippen molar-refractivity contribution in [3.05, 3.63) is 42.7 Å². The Hall–Kier alpha value is -5.21. The first kappa shape index (κ1) is 39.0. The van der Waals surface area contributed by atoms with Crippen LogP contribution in [0.3, 0.4) is 0 Å². The van der Waals surface area contributed by atoms with Crippen LogP contribution < -0.4 is 30.7 Å². The number of carbonyl (C=O) groups excluding carboxylic acids is 5. The number of likely N-dealkylation sites (tertiary alicyclic amines) is 1. The summed E-state index contributed by atoms with van der Waals surface area (Å²) in [4.78, 5) is 74.0. The molecule has 4 atom stereocenters. The third kappa shape index (κ3) is 9.82. The lowest BCUT2D eigenvalue weighted by Gasteiger charge is -2.36. The van der Waals surface area contributed by atoms with E-state index in [0.717, 1.165) is 12.8 Å². The molecule has 3 heterocycles. The van der Waals surface area contributed by atoms with Crippen LogP contribution in [0.25, 0.3) is 16.7 Å². The van der Waals surface area contributed by atoms with Crippen LogP contribution in [0.2, 0.25) is 0 Å². The number of amides is 5. The number of ketones is 1. The highest BCUT2D eigenvalue weighted by Gasteiger charge is 2.47. The van der Waals surface area contributed by atoms with Gasteiger partial charge >= 0.3 is 6.03 Å². The monoisotopic (exact) mass is 732 g/mol. The normalized spacial score (nSPS) is 18.5. The molecule has 0 spiro atoms. The Labute approximate surface area is 309 Å². The second kappa shape index (κ2) is 15.8. The number of pyridine rings is 1. The van der Waals surface area contributed by atoms with Crippen molar-refractivity contribution in [2.75, 3.05) is 13.7 Å². The van der Waals surface area contributed by atoms with Gasteiger partial charge in [0.15, 0.2) is 5.82 Å². The van der Waals surface area contributed by atoms with Gasteiger partial charge in [0.1, 0.15) is 29.7 Å². The summed E-state index contributed by atoms with van der Waals surface area (Å²) in [7, 11) is 1.57. The number of rotatable bonds is 13. The molecule has 1 saturated carbocycles. The Morgan fingerprint density at radius 1 is 1.02 bits per heavy atom. The van der Waals surface area contributed by atoms with Crippen LogP contribution >= 0.6 is 0 Å². The zero-order valence-electron chi connectivity index (χ0n) is 31.8. The van der Waals surface area contributed by atoms with Crippen molar-refractivity contribution >= 4 is 40.4 Å². The number of urea groups is 1. The summed E-state index contributed by atoms with van der Waals surface area (Å²) in [5.74, 6) is -1.01. The first-order valence-electron chi connectivity index (χ1n) is 18.2. The fourth-order valence-corrected chi connectivity index (χ4v) is 6.25. The molecule has 3 aromatic rings. The maximum atomic E-state index is 14.6. The Morgan fingerprint density at radius 3 is 2.36 bits per heavy atom. The van der Waals surface area contributed by atoms with Gasteiger partial charge < -0.3 is 35.6 Å². The van der Waals surface area contributed by atoms with Gasteiger partial charge in [0.25, 0.3) is 5.91 Å². The van der Waals surface area contributed by atoms with Gasteiger partial charge in [0, 0.05) is 47.9 Å². The summed E-state index contributed by atoms with van der Waals surface area (Å²) in [6, 6.07) is 5.17. The molecule has 1 aromatic carbocycles. The Balaban J connectivity index is 1.48. The van der Waals surface area contributed by atoms with Crippen LogP contribution in [-0.4, -0.2) is 98.7 Å². The van der Waals surface area contributed by atoms with Gasteiger partial charge in [0.05, 0.1) is 25.2 Å². The van der Waals surface area contributed by atoms with Gasteiger partial charge in [-0.1, -0.05) is 34.1 Å². The van der Waals surface area contributed by atoms with Gasteiger partial charge in [-0.25, -0.2) is 14.5 Å². The van der Waals surface area contributed by atoms with Crippen molar-refractivity contribution in [2.24, 2.45) is 5.41 Å². The van der Waals surface area contributed by atoms with E-state index >= 15 is 0 Å². The van der Waals surface area contributed by atoms with E-state index < -0.39 is 64.7 Å². The number of aromatic nitrogens is 3. The molecule has 2 unspecified atom stereocenters. The average Bonchev–Trinajstić information content (AvgIpc) is 3.53. The molecule has 15 nitrogen and oxygen atoms in total. The van der Waals surface area contributed by atoms with Crippen LogP contribution in [0.15, 0.2) is 42.7 Å². The van der Waals surface area contributed by atoms with Crippen LogP contribution in [0.5, 0.6) is 11.5 Å². The molecule has 5 rings (SSSR count). The van der Waals surface area contributed by atoms with Crippen molar-refractivity contribution in [1.29, 1.82) is 0 Å². The molecule has 2 aliphatic rings. The quantitative estimate of drug-likeness (QED) is 0.191. The minimum absolute atomic E-state index is 0.00228. The maximum absolute atomic E-state index is 14.6. The number of hydrogen-bond acceptors (Lipinski definition) is 9. The largest absolute Gasteiger partial charge is 0.497 e. The van der Waals surface area contributed by atoms with Crippen LogP contribution in [0, 0.1) is 5.41 Å². The number of Topliss-reactive ketones (excluding diaryl/α,β-unsaturated/α-hetero) is 1. The molecule has 53 heavy (non-hydrogen) atoms. The van der Waals surface area contributed by atoms with Gasteiger partial charge in [-0.15, -0.1) is 0 Å². The lowest BCUT2D eigenvalue weighted by Crippen LogP contribution is -2.61. The third-order valence-electron chi connectivity index (χ3n) is 9.07. The molecular formula is C38H52N8O7. The van der Waals surface area contributed by atoms with Crippen molar-refractivity contribution in [1.82, 2.24) is 40.9 Å². The van der Waals surface area contributed by atoms with Crippen molar-refractivity contribution in [3.8, 4) is 17.3 Å². The highest BCUT2D eigenvalue weighted by atomic mass is 16.5. The summed E-state index contributed by atoms with van der Waals surface area (Å²) >= 11 is 0. The summed E-state index contributed by atoms with van der Waals surface area (Å²) in [6.07, 6.45) is 5.17. The Morgan fingerprint density at radius 2 is 1.75 bits per heavy atom. The lowest BCUT2D eigenvalue weighted by molar-refractivity contribution is -0.144. The topological polar surface area (TPSA) is 186 Å². The number of nitrogens with zero attached hydrogens (tertiary/aromatic N) is 4. The zero-order valence-corrected chi connectivity index (χ0v) is 31.8. The average molecular weight is 733 g/mol. The first-order chi connectivity index (χ1) is 25.0. The Kier molecular flexibility index (Phi) is 11.6. The molecule has 1 aliphatic carbocycles. The molecule has 1 aliphatic heterocycles. The molecule has 15 heteroatoms. The number of ether oxygens (including phenoxy) is 2. The Bertz CT molecular complexity index is 1830. The molecule has 1 saturated heterocycles. The standard InChI is InChI=1S/C38H52N8O7/c1-9-11-26(31(47)34(49)40-22-12-13-22)42-33(48)28-19-24(21-45(28)35(50)32(37(2,3)4)43-36(51)44-38(5,6)7)53-29-20-30(46-17-10-16-39-46)41-27-18-23(52-8)14-15-25(27)29/h10,14-18,20,22,24,26,28,32H,9,11-13,19,21H2,1-8H3,(H,40,49)(H,42,48)(H2,43,44,51)/t24?,26?,28-,32+/m0/s1. The fourth-order valence-electron chi connectivity index (χ4n) is 6.25. The predicted octanol–water partition coefficient (Wildman–Crippen LogP) is 3.42. The second-order valence-electron chi connectivity index (χ2n) is 15.9. The summed E-state index contributed by atoms with van der Waals surface area (Å²) < 4.78 is 13.7. The van der Waals surface area contributed by atoms with E-state index in [1.165, 1.54) is 4.90 Å². The van der Waals surface area contributed by atoms with E-state index in [-0.39, 0.29) is 25.4 Å². The molecule has 286 valence electrons. The molecule has 4 N–H and O–H groups in total. The lowest BCUT2D eigenvalue weighted by atomic mass is 9.85. The van der Waals surface area contributed by atoms with Crippen LogP contribution in [0.1, 0.15) is 80.6 Å². The van der Waals surface area contributed by atoms with E-state index in [4.69, 9.17) is 14.5 Å². The number of hydrogen-bond donors (Lipinski definition) is 4. The van der Waals surface area contributed by atoms with Gasteiger partial charge in [-0.05, 0) is 63.6 Å². The summed E-state index contributed by atoms with van der Waals surface area (Å²) in [5, 5.41) is 16.2. The van der Waals surface area contributed by atoms with Crippen molar-refractivity contribution < 1.29 is 33.4 Å². The first-order valence-corrected chi connectivity index (χ1v) is 18.2. The number of benzene rings is 1. The smallest absolute Gasteiger partial charge is 0.315 e. The fraction of sp³-hybridized carbons (Fsp3) is 0.553. The van der Waals surface area contributed by atoms with E-state index in [1.807, 2.05) is 54.5 Å². The molecule has 0 radical (unpaired) electrons. The third-order valence-corrected chi connectivity index (χ3v) is 9.07. The summed E-state index contributed by atoms with van der Waals surface area (Å²) in [6.45, 7) is 12.8. The van der Waals surface area contributed by atoms with Crippen molar-refractivity contribution in [2.45, 2.75) is 116 Å². The minimum atomic E-state index is -1.08.